The molecule has 0 aliphatic heterocycles. The van der Waals surface area contributed by atoms with Crippen molar-refractivity contribution >= 4 is 36.3 Å². The summed E-state index contributed by atoms with van der Waals surface area (Å²) >= 11 is 1.40. The Morgan fingerprint density at radius 2 is 1.43 bits per heavy atom. The minimum atomic E-state index is 0.792. The van der Waals surface area contributed by atoms with Gasteiger partial charge in [-0.2, -0.15) is 0 Å². The van der Waals surface area contributed by atoms with Crippen LogP contribution < -0.4 is 0 Å². The van der Waals surface area contributed by atoms with Gasteiger partial charge in [0.15, 0.2) is 0 Å². The maximum atomic E-state index is 5.27. The van der Waals surface area contributed by atoms with Gasteiger partial charge in [0.1, 0.15) is 0 Å². The van der Waals surface area contributed by atoms with Gasteiger partial charge in [-0.1, -0.05) is 0 Å². The van der Waals surface area contributed by atoms with Crippen LogP contribution in [0.1, 0.15) is 13.8 Å². The van der Waals surface area contributed by atoms with Gasteiger partial charge >= 0.3 is 50.2 Å². The summed E-state index contributed by atoms with van der Waals surface area (Å²) in [5.41, 5.74) is 0. The SMILES string of the molecule is [B]=C(C)SC(=[B])C. The van der Waals surface area contributed by atoms with E-state index >= 15 is 0 Å². The predicted molar refractivity (Wildman–Crippen MR) is 40.5 cm³/mol. The van der Waals surface area contributed by atoms with Crippen molar-refractivity contribution in [1.82, 2.24) is 0 Å². The maximum absolute atomic E-state index is 5.27. The Morgan fingerprint density at radius 3 is 1.43 bits per heavy atom. The first-order chi connectivity index (χ1) is 3.13. The van der Waals surface area contributed by atoms with Crippen LogP contribution in [0.2, 0.25) is 0 Å². The van der Waals surface area contributed by atoms with Crippen molar-refractivity contribution < 1.29 is 0 Å². The number of hydrogen-bond acceptors (Lipinski definition) is 1. The van der Waals surface area contributed by atoms with Crippen LogP contribution in [0.3, 0.4) is 0 Å². The molecule has 2 radical (unpaired) electrons. The Morgan fingerprint density at radius 1 is 1.14 bits per heavy atom. The van der Waals surface area contributed by atoms with Crippen molar-refractivity contribution in [1.29, 1.82) is 0 Å². The van der Waals surface area contributed by atoms with Gasteiger partial charge < -0.3 is 0 Å². The van der Waals surface area contributed by atoms with Crippen molar-refractivity contribution in [3.8, 4) is 0 Å². The molecule has 0 atom stereocenters. The van der Waals surface area contributed by atoms with Crippen LogP contribution in [0.4, 0.5) is 0 Å². The van der Waals surface area contributed by atoms with Gasteiger partial charge in [-0.3, -0.25) is 0 Å². The molecule has 0 bridgehead atoms. The van der Waals surface area contributed by atoms with Crippen LogP contribution in [0.25, 0.3) is 0 Å². The molecule has 34 valence electrons. The van der Waals surface area contributed by atoms with Crippen LogP contribution in [-0.4, -0.2) is 24.6 Å². The molecule has 7 heavy (non-hydrogen) atoms. The molecular formula is C4H6B2S. The summed E-state index contributed by atoms with van der Waals surface area (Å²) in [6.45, 7) is 3.64. The molecule has 0 unspecified atom stereocenters. The third kappa shape index (κ3) is 6.22. The van der Waals surface area contributed by atoms with Crippen molar-refractivity contribution in [3.05, 3.63) is 0 Å². The summed E-state index contributed by atoms with van der Waals surface area (Å²) in [4.78, 5) is 1.58. The fourth-order valence-electron chi connectivity index (χ4n) is 0.254. The zero-order chi connectivity index (χ0) is 5.86. The number of rotatable bonds is 2. The number of hydrogen-bond donors (Lipinski definition) is 0. The Hall–Kier alpha value is 0.220. The van der Waals surface area contributed by atoms with E-state index in [4.69, 9.17) is 15.0 Å². The van der Waals surface area contributed by atoms with Gasteiger partial charge in [-0.15, -0.1) is 0 Å². The topological polar surface area (TPSA) is 0 Å². The standard InChI is InChI=1S/C4H6B2S/c1-3(5)7-4(2)6/h1-2H3. The van der Waals surface area contributed by atoms with Gasteiger partial charge in [0.25, 0.3) is 0 Å². The molecule has 0 saturated heterocycles. The quantitative estimate of drug-likeness (QED) is 0.460. The summed E-state index contributed by atoms with van der Waals surface area (Å²) in [7, 11) is 10.5. The van der Waals surface area contributed by atoms with E-state index in [1.54, 1.807) is 0 Å². The molecule has 0 aromatic carbocycles. The second-order valence-corrected chi connectivity index (χ2v) is 2.82. The second kappa shape index (κ2) is 3.25. The molecule has 0 N–H and O–H groups in total. The fraction of sp³-hybridized carbons (Fsp3) is 0.500. The first-order valence-corrected chi connectivity index (χ1v) is 2.80. The van der Waals surface area contributed by atoms with E-state index in [9.17, 15) is 0 Å². The summed E-state index contributed by atoms with van der Waals surface area (Å²) in [6.07, 6.45) is 0. The Balaban J connectivity index is 3.32. The molecule has 3 heteroatoms. The van der Waals surface area contributed by atoms with Crippen LogP contribution >= 0.6 is 11.8 Å². The fourth-order valence-corrected chi connectivity index (χ4v) is 0.762. The van der Waals surface area contributed by atoms with E-state index in [0.717, 1.165) is 9.59 Å². The van der Waals surface area contributed by atoms with Crippen LogP contribution in [0.5, 0.6) is 0 Å². The van der Waals surface area contributed by atoms with Gasteiger partial charge in [-0.05, 0) is 0 Å². The average molecular weight is 108 g/mol. The van der Waals surface area contributed by atoms with Crippen molar-refractivity contribution in [2.45, 2.75) is 13.8 Å². The first-order valence-electron chi connectivity index (χ1n) is 1.99. The van der Waals surface area contributed by atoms with E-state index in [0.29, 0.717) is 0 Å². The minimum absolute atomic E-state index is 0.792. The van der Waals surface area contributed by atoms with Crippen LogP contribution in [0.15, 0.2) is 0 Å². The molecule has 0 spiro atoms. The van der Waals surface area contributed by atoms with Crippen molar-refractivity contribution in [2.75, 3.05) is 0 Å². The molecule has 0 fully saturated rings. The van der Waals surface area contributed by atoms with Gasteiger partial charge in [-0.25, -0.2) is 0 Å². The third-order valence-corrected chi connectivity index (χ3v) is 0.966. The van der Waals surface area contributed by atoms with Gasteiger partial charge in [0, 0.05) is 0 Å². The summed E-state index contributed by atoms with van der Waals surface area (Å²) < 4.78 is 0. The van der Waals surface area contributed by atoms with E-state index in [-0.39, 0.29) is 0 Å². The van der Waals surface area contributed by atoms with E-state index in [2.05, 4.69) is 0 Å². The van der Waals surface area contributed by atoms with E-state index < -0.39 is 0 Å². The van der Waals surface area contributed by atoms with E-state index in [1.807, 2.05) is 13.8 Å². The molecule has 0 saturated carbocycles. The Labute approximate surface area is 50.8 Å². The molecule has 0 amide bonds. The zero-order valence-corrected chi connectivity index (χ0v) is 5.38. The molecule has 0 aromatic rings. The zero-order valence-electron chi connectivity index (χ0n) is 4.56. The van der Waals surface area contributed by atoms with E-state index in [1.165, 1.54) is 11.8 Å². The van der Waals surface area contributed by atoms with Crippen LogP contribution in [0, 0.1) is 0 Å². The monoisotopic (exact) mass is 108 g/mol. The Bertz CT molecular complexity index is 85.9. The van der Waals surface area contributed by atoms with Gasteiger partial charge in [0.2, 0.25) is 0 Å². The predicted octanol–water partition coefficient (Wildman–Crippen LogP) is 0.356. The molecule has 0 rings (SSSR count). The third-order valence-electron chi connectivity index (χ3n) is 0.322. The normalized spacial score (nSPS) is 8.00. The average Bonchev–Trinajstić information content (AvgIpc) is 1.27. The molecule has 0 aromatic heterocycles. The van der Waals surface area contributed by atoms with Crippen molar-refractivity contribution in [3.63, 3.8) is 0 Å². The molecule has 0 heterocycles. The second-order valence-electron chi connectivity index (χ2n) is 1.32. The first kappa shape index (κ1) is 7.22. The summed E-state index contributed by atoms with van der Waals surface area (Å²) in [5, 5.41) is 0. The summed E-state index contributed by atoms with van der Waals surface area (Å²) in [5.74, 6) is 0. The van der Waals surface area contributed by atoms with Crippen LogP contribution in [-0.2, 0) is 0 Å². The van der Waals surface area contributed by atoms with Crippen molar-refractivity contribution in [2.24, 2.45) is 0 Å². The summed E-state index contributed by atoms with van der Waals surface area (Å²) in [6, 6.07) is 0. The molecule has 0 nitrogen and oxygen atoms in total. The molecular weight excluding hydrogens is 102 g/mol. The molecule has 0 aliphatic carbocycles. The molecule has 0 aliphatic rings. The van der Waals surface area contributed by atoms with Gasteiger partial charge in [0.05, 0.1) is 0 Å². The number of thioether (sulfide) groups is 1. The Kier molecular flexibility index (Phi) is 3.35.